The molecule has 0 spiro atoms. The van der Waals surface area contributed by atoms with E-state index in [1.54, 1.807) is 0 Å². The van der Waals surface area contributed by atoms with Crippen molar-refractivity contribution in [3.63, 3.8) is 0 Å². The van der Waals surface area contributed by atoms with E-state index in [4.69, 9.17) is 0 Å². The number of aryl methyl sites for hydroxylation is 1. The monoisotopic (exact) mass is 252 g/mol. The molecule has 19 heavy (non-hydrogen) atoms. The van der Waals surface area contributed by atoms with E-state index in [-0.39, 0.29) is 5.91 Å². The minimum Gasteiger partial charge on any atom is -0.384 e. The minimum absolute atomic E-state index is 0.0641. The van der Waals surface area contributed by atoms with Gasteiger partial charge in [-0.1, -0.05) is 24.3 Å². The number of hydrogen-bond acceptors (Lipinski definition) is 2. The zero-order valence-electron chi connectivity index (χ0n) is 10.9. The van der Waals surface area contributed by atoms with Gasteiger partial charge >= 0.3 is 0 Å². The minimum atomic E-state index is -0.0641. The third kappa shape index (κ3) is 2.32. The predicted octanol–water partition coefficient (Wildman–Crippen LogP) is 3.22. The smallest absolute Gasteiger partial charge is 0.255 e. The van der Waals surface area contributed by atoms with E-state index >= 15 is 0 Å². The van der Waals surface area contributed by atoms with Crippen LogP contribution in [0.25, 0.3) is 0 Å². The summed E-state index contributed by atoms with van der Waals surface area (Å²) in [5, 5.41) is 6.24. The molecule has 1 heterocycles. The van der Waals surface area contributed by atoms with E-state index in [2.05, 4.69) is 10.6 Å². The normalized spacial score (nSPS) is 12.7. The van der Waals surface area contributed by atoms with Crippen LogP contribution in [0.2, 0.25) is 0 Å². The third-order valence-electron chi connectivity index (χ3n) is 3.48. The Morgan fingerprint density at radius 2 is 2.05 bits per heavy atom. The summed E-state index contributed by atoms with van der Waals surface area (Å²) in [5.41, 5.74) is 4.98. The summed E-state index contributed by atoms with van der Waals surface area (Å²) in [4.78, 5) is 12.2. The molecular weight excluding hydrogens is 236 g/mol. The molecule has 2 aromatic rings. The van der Waals surface area contributed by atoms with Gasteiger partial charge in [0.1, 0.15) is 0 Å². The largest absolute Gasteiger partial charge is 0.384 e. The number of hydrogen-bond donors (Lipinski definition) is 2. The molecule has 0 unspecified atom stereocenters. The molecule has 3 heteroatoms. The van der Waals surface area contributed by atoms with Crippen molar-refractivity contribution in [3.8, 4) is 0 Å². The van der Waals surface area contributed by atoms with E-state index in [1.165, 1.54) is 5.56 Å². The fourth-order valence-electron chi connectivity index (χ4n) is 2.34. The first kappa shape index (κ1) is 11.8. The molecule has 0 radical (unpaired) electrons. The molecule has 0 aromatic heterocycles. The van der Waals surface area contributed by atoms with Crippen LogP contribution in [-0.2, 0) is 6.42 Å². The lowest BCUT2D eigenvalue weighted by molar-refractivity contribution is 0.102. The van der Waals surface area contributed by atoms with Gasteiger partial charge in [0.2, 0.25) is 0 Å². The second-order valence-corrected chi connectivity index (χ2v) is 4.82. The molecule has 96 valence electrons. The van der Waals surface area contributed by atoms with Crippen molar-refractivity contribution in [1.29, 1.82) is 0 Å². The van der Waals surface area contributed by atoms with Gasteiger partial charge in [0, 0.05) is 23.5 Å². The summed E-state index contributed by atoms with van der Waals surface area (Å²) in [6.45, 7) is 2.94. The standard InChI is InChI=1S/C16H16N2O/c1-11-4-2-3-5-14(11)18-16(19)13-7-6-12-8-9-17-15(12)10-13/h2-7,10,17H,8-9H2,1H3,(H,18,19). The van der Waals surface area contributed by atoms with Gasteiger partial charge in [0.25, 0.3) is 5.91 Å². The van der Waals surface area contributed by atoms with Gasteiger partial charge < -0.3 is 10.6 Å². The van der Waals surface area contributed by atoms with Gasteiger partial charge in [-0.15, -0.1) is 0 Å². The SMILES string of the molecule is Cc1ccccc1NC(=O)c1ccc2c(c1)NCC2. The number of rotatable bonds is 2. The maximum Gasteiger partial charge on any atom is 0.255 e. The highest BCUT2D eigenvalue weighted by Gasteiger charge is 2.13. The van der Waals surface area contributed by atoms with E-state index in [1.807, 2.05) is 49.4 Å². The van der Waals surface area contributed by atoms with Gasteiger partial charge in [-0.3, -0.25) is 4.79 Å². The Labute approximate surface area is 112 Å². The number of carbonyl (C=O) groups is 1. The predicted molar refractivity (Wildman–Crippen MR) is 77.8 cm³/mol. The lowest BCUT2D eigenvalue weighted by Gasteiger charge is -2.09. The third-order valence-corrected chi connectivity index (χ3v) is 3.48. The molecule has 0 bridgehead atoms. The van der Waals surface area contributed by atoms with Crippen molar-refractivity contribution in [1.82, 2.24) is 0 Å². The molecule has 0 fully saturated rings. The summed E-state index contributed by atoms with van der Waals surface area (Å²) < 4.78 is 0. The average Bonchev–Trinajstić information content (AvgIpc) is 2.88. The molecule has 0 saturated carbocycles. The maximum atomic E-state index is 12.2. The summed E-state index contributed by atoms with van der Waals surface area (Å²) in [6.07, 6.45) is 1.04. The first-order valence-electron chi connectivity index (χ1n) is 6.48. The Bertz CT molecular complexity index is 634. The quantitative estimate of drug-likeness (QED) is 0.861. The van der Waals surface area contributed by atoms with Crippen LogP contribution >= 0.6 is 0 Å². The molecule has 0 saturated heterocycles. The zero-order valence-corrected chi connectivity index (χ0v) is 10.9. The van der Waals surface area contributed by atoms with Crippen LogP contribution in [0.1, 0.15) is 21.5 Å². The Morgan fingerprint density at radius 3 is 2.89 bits per heavy atom. The molecule has 2 N–H and O–H groups in total. The van der Waals surface area contributed by atoms with Crippen LogP contribution in [0.5, 0.6) is 0 Å². The van der Waals surface area contributed by atoms with Crippen molar-refractivity contribution in [3.05, 3.63) is 59.2 Å². The van der Waals surface area contributed by atoms with Crippen LogP contribution in [0, 0.1) is 6.92 Å². The van der Waals surface area contributed by atoms with E-state index in [9.17, 15) is 4.79 Å². The van der Waals surface area contributed by atoms with Crippen LogP contribution in [0.4, 0.5) is 11.4 Å². The summed E-state index contributed by atoms with van der Waals surface area (Å²) >= 11 is 0. The molecule has 3 nitrogen and oxygen atoms in total. The average molecular weight is 252 g/mol. The fraction of sp³-hybridized carbons (Fsp3) is 0.188. The number of fused-ring (bicyclic) bond motifs is 1. The second kappa shape index (κ2) is 4.76. The second-order valence-electron chi connectivity index (χ2n) is 4.82. The van der Waals surface area contributed by atoms with Crippen molar-refractivity contribution in [2.24, 2.45) is 0 Å². The molecule has 1 aliphatic rings. The van der Waals surface area contributed by atoms with E-state index in [0.29, 0.717) is 5.56 Å². The molecule has 1 aliphatic heterocycles. The molecule has 3 rings (SSSR count). The lowest BCUT2D eigenvalue weighted by atomic mass is 10.1. The summed E-state index contributed by atoms with van der Waals surface area (Å²) in [7, 11) is 0. The van der Waals surface area contributed by atoms with Crippen molar-refractivity contribution in [2.45, 2.75) is 13.3 Å². The van der Waals surface area contributed by atoms with Crippen molar-refractivity contribution >= 4 is 17.3 Å². The van der Waals surface area contributed by atoms with E-state index in [0.717, 1.165) is 29.9 Å². The highest BCUT2D eigenvalue weighted by Crippen LogP contribution is 2.24. The highest BCUT2D eigenvalue weighted by molar-refractivity contribution is 6.05. The van der Waals surface area contributed by atoms with Crippen molar-refractivity contribution < 1.29 is 4.79 Å². The Hall–Kier alpha value is -2.29. The fourth-order valence-corrected chi connectivity index (χ4v) is 2.34. The van der Waals surface area contributed by atoms with Crippen LogP contribution in [0.3, 0.4) is 0 Å². The maximum absolute atomic E-state index is 12.2. The number of amides is 1. The summed E-state index contributed by atoms with van der Waals surface area (Å²) in [5.74, 6) is -0.0641. The van der Waals surface area contributed by atoms with Crippen LogP contribution in [0.15, 0.2) is 42.5 Å². The number of anilines is 2. The van der Waals surface area contributed by atoms with Gasteiger partial charge in [-0.2, -0.15) is 0 Å². The van der Waals surface area contributed by atoms with Crippen LogP contribution < -0.4 is 10.6 Å². The van der Waals surface area contributed by atoms with Gasteiger partial charge in [-0.05, 0) is 42.7 Å². The molecule has 0 atom stereocenters. The molecule has 2 aromatic carbocycles. The topological polar surface area (TPSA) is 41.1 Å². The molecule has 1 amide bonds. The number of nitrogens with one attached hydrogen (secondary N) is 2. The number of benzene rings is 2. The first-order chi connectivity index (χ1) is 9.24. The zero-order chi connectivity index (χ0) is 13.2. The first-order valence-corrected chi connectivity index (χ1v) is 6.48. The van der Waals surface area contributed by atoms with Crippen LogP contribution in [-0.4, -0.2) is 12.5 Å². The molecule has 0 aliphatic carbocycles. The Balaban J connectivity index is 1.83. The number of para-hydroxylation sites is 1. The van der Waals surface area contributed by atoms with E-state index < -0.39 is 0 Å². The van der Waals surface area contributed by atoms with Gasteiger partial charge in [0.05, 0.1) is 0 Å². The lowest BCUT2D eigenvalue weighted by Crippen LogP contribution is -2.12. The summed E-state index contributed by atoms with van der Waals surface area (Å²) in [6, 6.07) is 13.6. The highest BCUT2D eigenvalue weighted by atomic mass is 16.1. The molecular formula is C16H16N2O. The van der Waals surface area contributed by atoms with Gasteiger partial charge in [-0.25, -0.2) is 0 Å². The van der Waals surface area contributed by atoms with Gasteiger partial charge in [0.15, 0.2) is 0 Å². The van der Waals surface area contributed by atoms with Crippen molar-refractivity contribution in [2.75, 3.05) is 17.2 Å². The Morgan fingerprint density at radius 1 is 1.21 bits per heavy atom. The number of carbonyl (C=O) groups excluding carboxylic acids is 1. The Kier molecular flexibility index (Phi) is 2.95.